The molecule has 0 aliphatic carbocycles. The number of hydrogen-bond acceptors (Lipinski definition) is 5. The highest BCUT2D eigenvalue weighted by Crippen LogP contribution is 2.25. The molecule has 1 heterocycles. The van der Waals surface area contributed by atoms with Crippen molar-refractivity contribution in [1.29, 1.82) is 0 Å². The molecule has 0 aliphatic rings. The second-order valence-electron chi connectivity index (χ2n) is 9.36. The molecule has 0 aliphatic heterocycles. The van der Waals surface area contributed by atoms with Gasteiger partial charge in [0.15, 0.2) is 5.78 Å². The topological polar surface area (TPSA) is 92.6 Å². The van der Waals surface area contributed by atoms with Crippen LogP contribution in [0, 0.1) is 0 Å². The summed E-state index contributed by atoms with van der Waals surface area (Å²) in [5.41, 5.74) is 2.03. The first kappa shape index (κ1) is 25.4. The summed E-state index contributed by atoms with van der Waals surface area (Å²) in [5, 5.41) is 3.44. The van der Waals surface area contributed by atoms with E-state index in [9.17, 15) is 14.4 Å². The molecule has 1 N–H and O–H groups in total. The maximum absolute atomic E-state index is 13.5. The number of amides is 1. The van der Waals surface area contributed by atoms with E-state index in [0.29, 0.717) is 18.8 Å². The van der Waals surface area contributed by atoms with Crippen LogP contribution >= 0.6 is 0 Å². The molecule has 7 nitrogen and oxygen atoms in total. The summed E-state index contributed by atoms with van der Waals surface area (Å²) < 4.78 is 10.4. The number of aromatic nitrogens is 1. The van der Waals surface area contributed by atoms with Gasteiger partial charge in [-0.05, 0) is 23.6 Å². The Bertz CT molecular complexity index is 1170. The van der Waals surface area contributed by atoms with Gasteiger partial charge in [0.1, 0.15) is 6.04 Å². The number of ether oxygens (including phenoxy) is 1. The van der Waals surface area contributed by atoms with Crippen LogP contribution in [0.2, 0.25) is 19.6 Å². The Morgan fingerprint density at radius 2 is 1.65 bits per heavy atom. The Morgan fingerprint density at radius 1 is 1.03 bits per heavy atom. The lowest BCUT2D eigenvalue weighted by atomic mass is 9.95. The number of nitrogens with one attached hydrogen (secondary N) is 1. The van der Waals surface area contributed by atoms with Crippen molar-refractivity contribution in [3.8, 4) is 0 Å². The van der Waals surface area contributed by atoms with Crippen LogP contribution in [0.4, 0.5) is 0 Å². The van der Waals surface area contributed by atoms with Crippen LogP contribution in [0.3, 0.4) is 0 Å². The van der Waals surface area contributed by atoms with E-state index >= 15 is 0 Å². The average molecular weight is 481 g/mol. The number of likely N-dealkylation sites (N-methyl/N-ethyl adjacent to an activating group) is 1. The first-order chi connectivity index (χ1) is 16.1. The number of ketones is 1. The lowest BCUT2D eigenvalue weighted by Gasteiger charge is -2.27. The quantitative estimate of drug-likeness (QED) is 0.447. The molecule has 1 aromatic heterocycles. The van der Waals surface area contributed by atoms with Gasteiger partial charge in [-0.2, -0.15) is 5.16 Å². The summed E-state index contributed by atoms with van der Waals surface area (Å²) in [4.78, 5) is 39.3. The second-order valence-corrected chi connectivity index (χ2v) is 14.4. The number of Topliss-reactive ketones (excluding diaryl/α,β-unsaturated/α-hetero) is 1. The highest BCUT2D eigenvalue weighted by atomic mass is 28.3. The Hall–Kier alpha value is -3.23. The van der Waals surface area contributed by atoms with Crippen LogP contribution in [0.5, 0.6) is 0 Å². The molecule has 180 valence electrons. The zero-order valence-corrected chi connectivity index (χ0v) is 21.4. The minimum atomic E-state index is -1.44. The molecule has 0 fully saturated rings. The largest absolute Gasteiger partial charge is 0.377 e. The van der Waals surface area contributed by atoms with E-state index in [1.165, 1.54) is 10.1 Å². The predicted molar refractivity (Wildman–Crippen MR) is 134 cm³/mol. The van der Waals surface area contributed by atoms with Gasteiger partial charge in [-0.1, -0.05) is 73.4 Å². The molecule has 2 aromatic carbocycles. The standard InChI is InChI=1S/C26H32N2O5Si/c1-6-32-17-19-7-11-20(12-8-19)25(28(2)26(31)23-16-24(30)27-33-23)22(29)15-18-9-13-21(14-10-18)34(3,4)5/h7-14,16,25H,6,15,17H2,1-5H3,(H,27,30). The minimum Gasteiger partial charge on any atom is -0.377 e. The fraction of sp³-hybridized carbons (Fsp3) is 0.346. The van der Waals surface area contributed by atoms with Gasteiger partial charge in [0.05, 0.1) is 20.7 Å². The molecular weight excluding hydrogens is 448 g/mol. The highest BCUT2D eigenvalue weighted by molar-refractivity contribution is 6.88. The smallest absolute Gasteiger partial charge is 0.293 e. The maximum atomic E-state index is 13.5. The predicted octanol–water partition coefficient (Wildman–Crippen LogP) is 3.67. The Morgan fingerprint density at radius 3 is 2.18 bits per heavy atom. The number of carbonyl (C=O) groups excluding carboxylic acids is 2. The highest BCUT2D eigenvalue weighted by Gasteiger charge is 2.31. The van der Waals surface area contributed by atoms with Gasteiger partial charge in [0.25, 0.3) is 11.5 Å². The molecule has 0 saturated carbocycles. The summed E-state index contributed by atoms with van der Waals surface area (Å²) in [7, 11) is 0.101. The van der Waals surface area contributed by atoms with Crippen LogP contribution < -0.4 is 10.7 Å². The van der Waals surface area contributed by atoms with Crippen molar-refractivity contribution in [2.45, 2.75) is 45.6 Å². The third-order valence-corrected chi connectivity index (χ3v) is 7.78. The van der Waals surface area contributed by atoms with Crippen molar-refractivity contribution >= 4 is 25.0 Å². The van der Waals surface area contributed by atoms with Gasteiger partial charge >= 0.3 is 0 Å². The monoisotopic (exact) mass is 480 g/mol. The number of carbonyl (C=O) groups is 2. The van der Waals surface area contributed by atoms with Crippen LogP contribution in [-0.4, -0.2) is 43.5 Å². The molecule has 0 bridgehead atoms. The molecule has 3 rings (SSSR count). The van der Waals surface area contributed by atoms with E-state index in [1.807, 2.05) is 43.3 Å². The Kier molecular flexibility index (Phi) is 8.06. The summed E-state index contributed by atoms with van der Waals surface area (Å²) >= 11 is 0. The van der Waals surface area contributed by atoms with Gasteiger partial charge in [-0.15, -0.1) is 0 Å². The van der Waals surface area contributed by atoms with E-state index in [0.717, 1.165) is 17.2 Å². The zero-order valence-electron chi connectivity index (χ0n) is 20.4. The number of benzene rings is 2. The number of nitrogens with zero attached hydrogens (tertiary/aromatic N) is 1. The van der Waals surface area contributed by atoms with Crippen LogP contribution in [-0.2, 0) is 22.6 Å². The van der Waals surface area contributed by atoms with Crippen molar-refractivity contribution < 1.29 is 18.8 Å². The fourth-order valence-corrected chi connectivity index (χ4v) is 4.91. The van der Waals surface area contributed by atoms with E-state index in [1.54, 1.807) is 7.05 Å². The summed E-state index contributed by atoms with van der Waals surface area (Å²) in [6.07, 6.45) is 0.173. The first-order valence-corrected chi connectivity index (χ1v) is 14.8. The normalized spacial score (nSPS) is 12.4. The van der Waals surface area contributed by atoms with Crippen LogP contribution in [0.25, 0.3) is 0 Å². The van der Waals surface area contributed by atoms with E-state index in [2.05, 4.69) is 36.9 Å². The molecule has 0 spiro atoms. The van der Waals surface area contributed by atoms with Gasteiger partial charge < -0.3 is 14.2 Å². The molecule has 34 heavy (non-hydrogen) atoms. The molecule has 1 amide bonds. The molecule has 0 saturated heterocycles. The number of rotatable bonds is 10. The number of hydrogen-bond donors (Lipinski definition) is 1. The molecule has 1 unspecified atom stereocenters. The first-order valence-electron chi connectivity index (χ1n) is 11.3. The van der Waals surface area contributed by atoms with Gasteiger partial charge in [-0.3, -0.25) is 14.4 Å². The van der Waals surface area contributed by atoms with E-state index in [-0.39, 0.29) is 18.0 Å². The summed E-state index contributed by atoms with van der Waals surface area (Å²) in [6.45, 7) is 9.84. The average Bonchev–Trinajstić information content (AvgIpc) is 3.24. The minimum absolute atomic E-state index is 0.132. The number of aromatic amines is 1. The third-order valence-electron chi connectivity index (χ3n) is 5.71. The maximum Gasteiger partial charge on any atom is 0.293 e. The van der Waals surface area contributed by atoms with E-state index < -0.39 is 25.6 Å². The molecule has 0 radical (unpaired) electrons. The van der Waals surface area contributed by atoms with Gasteiger partial charge in [-0.25, -0.2) is 0 Å². The zero-order chi connectivity index (χ0) is 24.9. The van der Waals surface area contributed by atoms with Crippen molar-refractivity contribution in [3.05, 3.63) is 87.4 Å². The van der Waals surface area contributed by atoms with Crippen molar-refractivity contribution in [2.24, 2.45) is 0 Å². The van der Waals surface area contributed by atoms with E-state index in [4.69, 9.17) is 9.26 Å². The van der Waals surface area contributed by atoms with Gasteiger partial charge in [0.2, 0.25) is 5.76 Å². The molecule has 8 heteroatoms. The van der Waals surface area contributed by atoms with Crippen LogP contribution in [0.15, 0.2) is 63.9 Å². The van der Waals surface area contributed by atoms with Crippen molar-refractivity contribution in [1.82, 2.24) is 10.1 Å². The Labute approximate surface area is 200 Å². The van der Waals surface area contributed by atoms with Crippen LogP contribution in [0.1, 0.15) is 40.2 Å². The fourth-order valence-electron chi connectivity index (χ4n) is 3.74. The van der Waals surface area contributed by atoms with Crippen molar-refractivity contribution in [2.75, 3.05) is 13.7 Å². The summed E-state index contributed by atoms with van der Waals surface area (Å²) in [6, 6.07) is 15.9. The lowest BCUT2D eigenvalue weighted by Crippen LogP contribution is -2.38. The lowest BCUT2D eigenvalue weighted by molar-refractivity contribution is -0.122. The van der Waals surface area contributed by atoms with Gasteiger partial charge in [0, 0.05) is 20.1 Å². The molecular formula is C26H32N2O5Si. The number of H-pyrrole nitrogens is 1. The molecule has 1 atom stereocenters. The van der Waals surface area contributed by atoms with Crippen molar-refractivity contribution in [3.63, 3.8) is 0 Å². The third kappa shape index (κ3) is 6.21. The second kappa shape index (κ2) is 10.8. The summed E-state index contributed by atoms with van der Waals surface area (Å²) in [5.74, 6) is -0.825. The Balaban J connectivity index is 1.89. The SMILES string of the molecule is CCOCc1ccc(C(C(=O)Cc2ccc([Si](C)(C)C)cc2)N(C)C(=O)c2cc(=O)[nH]o2)cc1. The molecule has 3 aromatic rings.